The molecule has 2 aliphatic carbocycles. The number of nitrogens with one attached hydrogen (secondary N) is 2. The molecule has 0 atom stereocenters. The standard InChI is InChI=1S/C30H32N4O3/c1-18-14-19(16-32-22-8-2-3-9-22)11-12-24(18)34-30-26(27(35)20-6-4-7-20)28(36)25(37-30)15-21-17-33-29-23(21)10-5-13-31-29/h5,10-15,17,20,22,32,34,36H,2-4,6-9,16H2,1H3. The van der Waals surface area contributed by atoms with E-state index in [0.29, 0.717) is 11.9 Å². The van der Waals surface area contributed by atoms with E-state index in [1.165, 1.54) is 31.2 Å². The summed E-state index contributed by atoms with van der Waals surface area (Å²) in [5.74, 6) is 0.861. The zero-order valence-electron chi connectivity index (χ0n) is 21.1. The predicted octanol–water partition coefficient (Wildman–Crippen LogP) is 6.70. The largest absolute Gasteiger partial charge is 0.504 e. The molecule has 3 aliphatic rings. The molecule has 37 heavy (non-hydrogen) atoms. The predicted molar refractivity (Wildman–Crippen MR) is 146 cm³/mol. The molecular weight excluding hydrogens is 464 g/mol. The van der Waals surface area contributed by atoms with Crippen LogP contribution in [0.15, 0.2) is 45.9 Å². The molecule has 0 unspecified atom stereocenters. The van der Waals surface area contributed by atoms with E-state index in [2.05, 4.69) is 32.7 Å². The van der Waals surface area contributed by atoms with Crippen molar-refractivity contribution in [2.45, 2.75) is 64.5 Å². The number of aromatic nitrogens is 1. The third kappa shape index (κ3) is 4.71. The van der Waals surface area contributed by atoms with Gasteiger partial charge in [0.2, 0.25) is 5.88 Å². The van der Waals surface area contributed by atoms with Crippen LogP contribution in [-0.4, -0.2) is 28.1 Å². The van der Waals surface area contributed by atoms with Gasteiger partial charge < -0.3 is 20.2 Å². The van der Waals surface area contributed by atoms with Crippen LogP contribution in [0.4, 0.5) is 17.4 Å². The van der Waals surface area contributed by atoms with E-state index in [1.54, 1.807) is 18.5 Å². The molecule has 6 rings (SSSR count). The van der Waals surface area contributed by atoms with Gasteiger partial charge in [0.1, 0.15) is 5.56 Å². The molecule has 7 heteroatoms. The van der Waals surface area contributed by atoms with Gasteiger partial charge in [-0.05, 0) is 68.0 Å². The summed E-state index contributed by atoms with van der Waals surface area (Å²) in [6, 6.07) is 10.6. The fourth-order valence-electron chi connectivity index (χ4n) is 5.40. The summed E-state index contributed by atoms with van der Waals surface area (Å²) in [6.07, 6.45) is 13.0. The number of carbonyl (C=O) groups is 1. The van der Waals surface area contributed by atoms with E-state index in [4.69, 9.17) is 4.42 Å². The average Bonchev–Trinajstić information content (AvgIpc) is 3.59. The Balaban J connectivity index is 1.29. The topological polar surface area (TPSA) is 99.8 Å². The van der Waals surface area contributed by atoms with E-state index >= 15 is 0 Å². The second-order valence-electron chi connectivity index (χ2n) is 10.4. The van der Waals surface area contributed by atoms with Crippen molar-refractivity contribution in [3.05, 3.63) is 64.5 Å². The van der Waals surface area contributed by atoms with Crippen LogP contribution in [0.1, 0.15) is 77.8 Å². The van der Waals surface area contributed by atoms with Crippen LogP contribution in [0.2, 0.25) is 0 Å². The molecule has 1 aromatic carbocycles. The van der Waals surface area contributed by atoms with E-state index < -0.39 is 0 Å². The Kier molecular flexibility index (Phi) is 6.38. The Labute approximate surface area is 216 Å². The Morgan fingerprint density at radius 1 is 1.16 bits per heavy atom. The van der Waals surface area contributed by atoms with Crippen molar-refractivity contribution in [3.8, 4) is 5.75 Å². The number of carbonyl (C=O) groups excluding carboxylic acids is 1. The van der Waals surface area contributed by atoms with Crippen molar-refractivity contribution >= 4 is 41.0 Å². The van der Waals surface area contributed by atoms with Gasteiger partial charge in [0.15, 0.2) is 23.1 Å². The normalized spacial score (nSPS) is 18.4. The maximum Gasteiger partial charge on any atom is 0.212 e. The summed E-state index contributed by atoms with van der Waals surface area (Å²) in [4.78, 5) is 21.9. The fourth-order valence-corrected chi connectivity index (χ4v) is 5.40. The number of nitrogens with zero attached hydrogens (tertiary/aromatic N) is 2. The molecular formula is C30H32N4O3. The van der Waals surface area contributed by atoms with Gasteiger partial charge in [-0.3, -0.25) is 4.79 Å². The summed E-state index contributed by atoms with van der Waals surface area (Å²) in [5.41, 5.74) is 4.98. The van der Waals surface area contributed by atoms with Crippen molar-refractivity contribution in [3.63, 3.8) is 0 Å². The summed E-state index contributed by atoms with van der Waals surface area (Å²) < 4.78 is 6.11. The summed E-state index contributed by atoms with van der Waals surface area (Å²) in [6.45, 7) is 2.88. The van der Waals surface area contributed by atoms with Crippen LogP contribution >= 0.6 is 0 Å². The Bertz CT molecular complexity index is 1390. The SMILES string of the molecule is Cc1cc(CNC2CCCC2)ccc1Nc1oc(C=C2C=Nc3ncccc32)c(O)c1C(=O)C1CCC1. The van der Waals surface area contributed by atoms with Crippen LogP contribution in [0.5, 0.6) is 5.75 Å². The molecule has 1 aliphatic heterocycles. The van der Waals surface area contributed by atoms with E-state index in [1.807, 2.05) is 25.1 Å². The molecule has 0 bridgehead atoms. The highest BCUT2D eigenvalue weighted by molar-refractivity contribution is 6.21. The Morgan fingerprint density at radius 2 is 2.00 bits per heavy atom. The van der Waals surface area contributed by atoms with E-state index in [0.717, 1.165) is 48.2 Å². The minimum Gasteiger partial charge on any atom is -0.504 e. The number of anilines is 2. The minimum absolute atomic E-state index is 0.0724. The molecule has 0 radical (unpaired) electrons. The molecule has 3 aromatic rings. The lowest BCUT2D eigenvalue weighted by atomic mass is 9.80. The lowest BCUT2D eigenvalue weighted by molar-refractivity contribution is 0.0853. The molecule has 2 fully saturated rings. The zero-order chi connectivity index (χ0) is 25.4. The van der Waals surface area contributed by atoms with Crippen molar-refractivity contribution < 1.29 is 14.3 Å². The summed E-state index contributed by atoms with van der Waals surface area (Å²) >= 11 is 0. The molecule has 3 heterocycles. The van der Waals surface area contributed by atoms with Crippen molar-refractivity contribution in [1.82, 2.24) is 10.3 Å². The smallest absolute Gasteiger partial charge is 0.212 e. The number of furan rings is 1. The second kappa shape index (κ2) is 9.98. The van der Waals surface area contributed by atoms with E-state index in [9.17, 15) is 9.90 Å². The first kappa shape index (κ1) is 23.7. The first-order chi connectivity index (χ1) is 18.1. The number of rotatable bonds is 8. The van der Waals surface area contributed by atoms with Gasteiger partial charge in [-0.2, -0.15) is 0 Å². The van der Waals surface area contributed by atoms with Crippen LogP contribution in [0.3, 0.4) is 0 Å². The maximum atomic E-state index is 13.3. The van der Waals surface area contributed by atoms with Gasteiger partial charge in [0.25, 0.3) is 0 Å². The first-order valence-corrected chi connectivity index (χ1v) is 13.3. The number of aliphatic imine (C=N–C) groups is 1. The van der Waals surface area contributed by atoms with Crippen LogP contribution < -0.4 is 10.6 Å². The fraction of sp³-hybridized carbons (Fsp3) is 0.367. The van der Waals surface area contributed by atoms with Gasteiger partial charge in [-0.15, -0.1) is 0 Å². The number of benzene rings is 1. The number of aryl methyl sites for hydroxylation is 1. The van der Waals surface area contributed by atoms with Crippen LogP contribution in [0.25, 0.3) is 11.6 Å². The third-order valence-electron chi connectivity index (χ3n) is 7.83. The molecule has 0 saturated heterocycles. The molecule has 2 aromatic heterocycles. The molecule has 0 spiro atoms. The third-order valence-corrected chi connectivity index (χ3v) is 7.83. The summed E-state index contributed by atoms with van der Waals surface area (Å²) in [5, 5.41) is 18.1. The number of pyridine rings is 1. The highest BCUT2D eigenvalue weighted by Crippen LogP contribution is 2.42. The van der Waals surface area contributed by atoms with Crippen molar-refractivity contribution in [1.29, 1.82) is 0 Å². The number of hydrogen-bond donors (Lipinski definition) is 3. The van der Waals surface area contributed by atoms with Gasteiger partial charge in [-0.1, -0.05) is 31.4 Å². The van der Waals surface area contributed by atoms with Crippen LogP contribution in [-0.2, 0) is 6.54 Å². The van der Waals surface area contributed by atoms with Gasteiger partial charge >= 0.3 is 0 Å². The lowest BCUT2D eigenvalue weighted by Crippen LogP contribution is -2.25. The van der Waals surface area contributed by atoms with Crippen molar-refractivity contribution in [2.24, 2.45) is 10.9 Å². The van der Waals surface area contributed by atoms with Gasteiger partial charge in [0, 0.05) is 47.7 Å². The number of ketones is 1. The molecule has 3 N–H and O–H groups in total. The van der Waals surface area contributed by atoms with Crippen LogP contribution in [0, 0.1) is 12.8 Å². The minimum atomic E-state index is -0.132. The number of Topliss-reactive ketones (excluding diaryl/α,β-unsaturated/α-hetero) is 1. The van der Waals surface area contributed by atoms with Gasteiger partial charge in [0.05, 0.1) is 0 Å². The molecule has 7 nitrogen and oxygen atoms in total. The highest BCUT2D eigenvalue weighted by Gasteiger charge is 2.34. The summed E-state index contributed by atoms with van der Waals surface area (Å²) in [7, 11) is 0. The zero-order valence-corrected chi connectivity index (χ0v) is 21.1. The Morgan fingerprint density at radius 3 is 2.76 bits per heavy atom. The lowest BCUT2D eigenvalue weighted by Gasteiger charge is -2.23. The first-order valence-electron chi connectivity index (χ1n) is 13.3. The number of fused-ring (bicyclic) bond motifs is 1. The van der Waals surface area contributed by atoms with E-state index in [-0.39, 0.29) is 34.7 Å². The average molecular weight is 497 g/mol. The molecule has 190 valence electrons. The van der Waals surface area contributed by atoms with Gasteiger partial charge in [-0.25, -0.2) is 9.98 Å². The Hall–Kier alpha value is -3.71. The van der Waals surface area contributed by atoms with Crippen molar-refractivity contribution in [2.75, 3.05) is 5.32 Å². The highest BCUT2D eigenvalue weighted by atomic mass is 16.4. The maximum absolute atomic E-state index is 13.3. The number of allylic oxidation sites excluding steroid dienone is 1. The molecule has 0 amide bonds. The number of aromatic hydroxyl groups is 1. The second-order valence-corrected chi connectivity index (χ2v) is 10.4. The quantitative estimate of drug-likeness (QED) is 0.300. The number of hydrogen-bond acceptors (Lipinski definition) is 7. The molecule has 2 saturated carbocycles. The monoisotopic (exact) mass is 496 g/mol.